The summed E-state index contributed by atoms with van der Waals surface area (Å²) in [5, 5.41) is 3.02. The molecular weight excluding hydrogens is 216 g/mol. The maximum Gasteiger partial charge on any atom is 0.253 e. The van der Waals surface area contributed by atoms with Gasteiger partial charge in [-0.3, -0.25) is 15.6 Å². The third-order valence-corrected chi connectivity index (χ3v) is 3.12. The fourth-order valence-electron chi connectivity index (χ4n) is 2.07. The summed E-state index contributed by atoms with van der Waals surface area (Å²) in [6, 6.07) is 2.00. The number of carbonyl (C=O) groups is 1. The summed E-state index contributed by atoms with van der Waals surface area (Å²) in [6.07, 6.45) is 6.58. The number of nitrogens with zero attached hydrogens (tertiary/aromatic N) is 1. The van der Waals surface area contributed by atoms with Crippen LogP contribution in [0.4, 0.5) is 5.69 Å². The monoisotopic (exact) mass is 234 g/mol. The van der Waals surface area contributed by atoms with Crippen molar-refractivity contribution in [1.29, 1.82) is 0 Å². The molecule has 0 bridgehead atoms. The number of rotatable bonds is 5. The van der Waals surface area contributed by atoms with Gasteiger partial charge in [-0.2, -0.15) is 0 Å². The average Bonchev–Trinajstić information content (AvgIpc) is 3.07. The van der Waals surface area contributed by atoms with Gasteiger partial charge in [0, 0.05) is 12.2 Å². The van der Waals surface area contributed by atoms with Gasteiger partial charge in [0.05, 0.1) is 17.4 Å². The van der Waals surface area contributed by atoms with Gasteiger partial charge in [-0.25, -0.2) is 0 Å². The molecule has 1 saturated carbocycles. The molecule has 0 radical (unpaired) electrons. The Labute approximate surface area is 101 Å². The summed E-state index contributed by atoms with van der Waals surface area (Å²) in [5.41, 5.74) is 3.58. The summed E-state index contributed by atoms with van der Waals surface area (Å²) < 4.78 is 0. The van der Waals surface area contributed by atoms with Crippen molar-refractivity contribution < 1.29 is 4.79 Å². The lowest BCUT2D eigenvalue weighted by molar-refractivity contribution is 0.0949. The van der Waals surface area contributed by atoms with Gasteiger partial charge in [-0.05, 0) is 24.8 Å². The highest BCUT2D eigenvalue weighted by Gasteiger charge is 2.37. The lowest BCUT2D eigenvalue weighted by atomic mass is 10.2. The molecule has 1 fully saturated rings. The van der Waals surface area contributed by atoms with Crippen LogP contribution in [0.2, 0.25) is 0 Å². The lowest BCUT2D eigenvalue weighted by Crippen LogP contribution is -2.28. The Morgan fingerprint density at radius 2 is 2.47 bits per heavy atom. The van der Waals surface area contributed by atoms with E-state index in [4.69, 9.17) is 5.84 Å². The van der Waals surface area contributed by atoms with Crippen molar-refractivity contribution in [3.05, 3.63) is 24.0 Å². The van der Waals surface area contributed by atoms with Crippen molar-refractivity contribution in [3.63, 3.8) is 0 Å². The number of aromatic nitrogens is 1. The molecule has 0 saturated heterocycles. The van der Waals surface area contributed by atoms with E-state index in [1.165, 1.54) is 12.8 Å². The zero-order valence-corrected chi connectivity index (χ0v) is 9.94. The van der Waals surface area contributed by atoms with E-state index in [2.05, 4.69) is 22.7 Å². The normalized spacial score (nSPS) is 22.0. The molecule has 1 amide bonds. The van der Waals surface area contributed by atoms with Gasteiger partial charge in [0.25, 0.3) is 5.91 Å². The highest BCUT2D eigenvalue weighted by atomic mass is 16.1. The standard InChI is InChI=1S/C12H18N4O/c1-2-3-8-6-10(8)15-12(17)9-4-5-14-7-11(9)16-13/h4-5,7-8,10,16H,2-3,6,13H2,1H3,(H,15,17). The van der Waals surface area contributed by atoms with Crippen molar-refractivity contribution in [2.24, 2.45) is 11.8 Å². The second-order valence-electron chi connectivity index (χ2n) is 4.43. The smallest absolute Gasteiger partial charge is 0.253 e. The molecule has 1 aliphatic carbocycles. The van der Waals surface area contributed by atoms with Crippen LogP contribution in [0.1, 0.15) is 36.5 Å². The first-order valence-corrected chi connectivity index (χ1v) is 5.97. The predicted molar refractivity (Wildman–Crippen MR) is 66.3 cm³/mol. The second kappa shape index (κ2) is 5.14. The molecule has 17 heavy (non-hydrogen) atoms. The van der Waals surface area contributed by atoms with E-state index < -0.39 is 0 Å². The van der Waals surface area contributed by atoms with E-state index in [0.29, 0.717) is 23.2 Å². The number of nitrogens with one attached hydrogen (secondary N) is 2. The Hall–Kier alpha value is -1.62. The van der Waals surface area contributed by atoms with Crippen LogP contribution in [0.25, 0.3) is 0 Å². The Bertz CT molecular complexity index is 407. The van der Waals surface area contributed by atoms with Crippen LogP contribution in [0.3, 0.4) is 0 Å². The number of hydrogen-bond acceptors (Lipinski definition) is 4. The summed E-state index contributed by atoms with van der Waals surface area (Å²) in [5.74, 6) is 5.91. The van der Waals surface area contributed by atoms with Gasteiger partial charge in [0.2, 0.25) is 0 Å². The molecule has 1 aliphatic rings. The summed E-state index contributed by atoms with van der Waals surface area (Å²) >= 11 is 0. The molecule has 1 aromatic heterocycles. The van der Waals surface area contributed by atoms with Crippen molar-refractivity contribution in [3.8, 4) is 0 Å². The SMILES string of the molecule is CCCC1CC1NC(=O)c1ccncc1NN. The van der Waals surface area contributed by atoms with Crippen LogP contribution in [0, 0.1) is 5.92 Å². The number of hydrazine groups is 1. The lowest BCUT2D eigenvalue weighted by Gasteiger charge is -2.08. The molecule has 0 aliphatic heterocycles. The third-order valence-electron chi connectivity index (χ3n) is 3.12. The van der Waals surface area contributed by atoms with E-state index in [1.54, 1.807) is 18.5 Å². The van der Waals surface area contributed by atoms with Gasteiger partial charge in [0.15, 0.2) is 0 Å². The average molecular weight is 234 g/mol. The van der Waals surface area contributed by atoms with E-state index >= 15 is 0 Å². The first kappa shape index (κ1) is 11.9. The predicted octanol–water partition coefficient (Wildman–Crippen LogP) is 1.29. The molecule has 1 aromatic rings. The zero-order chi connectivity index (χ0) is 12.3. The molecule has 5 heteroatoms. The van der Waals surface area contributed by atoms with Crippen molar-refractivity contribution in [2.75, 3.05) is 5.43 Å². The zero-order valence-electron chi connectivity index (χ0n) is 9.94. The number of anilines is 1. The summed E-state index contributed by atoms with van der Waals surface area (Å²) in [4.78, 5) is 15.9. The molecule has 2 atom stereocenters. The molecule has 1 heterocycles. The van der Waals surface area contributed by atoms with E-state index in [-0.39, 0.29) is 5.91 Å². The Morgan fingerprint density at radius 1 is 1.65 bits per heavy atom. The minimum Gasteiger partial charge on any atom is -0.349 e. The Kier molecular flexibility index (Phi) is 3.58. The Balaban J connectivity index is 1.96. The molecule has 2 unspecified atom stereocenters. The first-order chi connectivity index (χ1) is 8.26. The second-order valence-corrected chi connectivity index (χ2v) is 4.43. The van der Waals surface area contributed by atoms with Gasteiger partial charge in [0.1, 0.15) is 0 Å². The van der Waals surface area contributed by atoms with Crippen molar-refractivity contribution >= 4 is 11.6 Å². The highest BCUT2D eigenvalue weighted by molar-refractivity contribution is 5.99. The van der Waals surface area contributed by atoms with Gasteiger partial charge >= 0.3 is 0 Å². The number of nitrogens with two attached hydrogens (primary N) is 1. The molecule has 5 nitrogen and oxygen atoms in total. The summed E-state index contributed by atoms with van der Waals surface area (Å²) in [6.45, 7) is 2.16. The molecular formula is C12H18N4O. The topological polar surface area (TPSA) is 80.0 Å². The minimum atomic E-state index is -0.0797. The number of amides is 1. The Morgan fingerprint density at radius 3 is 3.18 bits per heavy atom. The molecule has 4 N–H and O–H groups in total. The van der Waals surface area contributed by atoms with Gasteiger partial charge < -0.3 is 10.7 Å². The minimum absolute atomic E-state index is 0.0797. The van der Waals surface area contributed by atoms with Crippen LogP contribution in [0.5, 0.6) is 0 Å². The highest BCUT2D eigenvalue weighted by Crippen LogP contribution is 2.34. The van der Waals surface area contributed by atoms with E-state index in [0.717, 1.165) is 6.42 Å². The molecule has 2 rings (SSSR count). The fourth-order valence-corrected chi connectivity index (χ4v) is 2.07. The van der Waals surface area contributed by atoms with Crippen LogP contribution < -0.4 is 16.6 Å². The molecule has 92 valence electrons. The number of nitrogen functional groups attached to an aromatic ring is 1. The number of hydrogen-bond donors (Lipinski definition) is 3. The van der Waals surface area contributed by atoms with Crippen LogP contribution in [0.15, 0.2) is 18.5 Å². The molecule has 0 spiro atoms. The molecule has 0 aromatic carbocycles. The van der Waals surface area contributed by atoms with Crippen LogP contribution >= 0.6 is 0 Å². The first-order valence-electron chi connectivity index (χ1n) is 5.97. The maximum absolute atomic E-state index is 12.0. The quantitative estimate of drug-likeness (QED) is 0.529. The van der Waals surface area contributed by atoms with Gasteiger partial charge in [-0.1, -0.05) is 13.3 Å². The van der Waals surface area contributed by atoms with Crippen molar-refractivity contribution in [1.82, 2.24) is 10.3 Å². The van der Waals surface area contributed by atoms with Crippen molar-refractivity contribution in [2.45, 2.75) is 32.2 Å². The van der Waals surface area contributed by atoms with E-state index in [1.807, 2.05) is 0 Å². The van der Waals surface area contributed by atoms with Crippen LogP contribution in [-0.2, 0) is 0 Å². The van der Waals surface area contributed by atoms with Gasteiger partial charge in [-0.15, -0.1) is 0 Å². The fraction of sp³-hybridized carbons (Fsp3) is 0.500. The number of carbonyl (C=O) groups excluding carboxylic acids is 1. The largest absolute Gasteiger partial charge is 0.349 e. The third kappa shape index (κ3) is 2.74. The van der Waals surface area contributed by atoms with E-state index in [9.17, 15) is 4.79 Å². The maximum atomic E-state index is 12.0. The van der Waals surface area contributed by atoms with Crippen LogP contribution in [-0.4, -0.2) is 16.9 Å². The number of pyridine rings is 1. The summed E-state index contributed by atoms with van der Waals surface area (Å²) in [7, 11) is 0.